The van der Waals surface area contributed by atoms with Gasteiger partial charge in [0.2, 0.25) is 0 Å². The van der Waals surface area contributed by atoms with Crippen LogP contribution in [0.15, 0.2) is 30.7 Å². The Kier molecular flexibility index (Phi) is 3.54. The summed E-state index contributed by atoms with van der Waals surface area (Å²) >= 11 is 0. The van der Waals surface area contributed by atoms with E-state index in [1.54, 1.807) is 6.20 Å². The van der Waals surface area contributed by atoms with Crippen molar-refractivity contribution in [3.63, 3.8) is 0 Å². The molecule has 0 bridgehead atoms. The molecule has 0 saturated heterocycles. The third-order valence-electron chi connectivity index (χ3n) is 2.85. The molecule has 4 heteroatoms. The third-order valence-corrected chi connectivity index (χ3v) is 2.85. The quantitative estimate of drug-likeness (QED) is 0.868. The Labute approximate surface area is 101 Å². The fraction of sp³-hybridized carbons (Fsp3) is 0.385. The van der Waals surface area contributed by atoms with Gasteiger partial charge < -0.3 is 5.73 Å². The van der Waals surface area contributed by atoms with Crippen LogP contribution in [0.2, 0.25) is 0 Å². The van der Waals surface area contributed by atoms with Gasteiger partial charge in [0.05, 0.1) is 5.69 Å². The van der Waals surface area contributed by atoms with E-state index in [-0.39, 0.29) is 6.04 Å². The second-order valence-corrected chi connectivity index (χ2v) is 4.23. The minimum Gasteiger partial charge on any atom is -0.324 e. The average molecular weight is 230 g/mol. The summed E-state index contributed by atoms with van der Waals surface area (Å²) in [6, 6.07) is 3.98. The largest absolute Gasteiger partial charge is 0.324 e. The van der Waals surface area contributed by atoms with Gasteiger partial charge in [0.1, 0.15) is 0 Å². The second-order valence-electron chi connectivity index (χ2n) is 4.23. The third kappa shape index (κ3) is 2.71. The first kappa shape index (κ1) is 11.8. The molecule has 0 amide bonds. The molecule has 0 saturated carbocycles. The Morgan fingerprint density at radius 1 is 1.47 bits per heavy atom. The number of pyridine rings is 1. The number of hydrogen-bond acceptors (Lipinski definition) is 3. The highest BCUT2D eigenvalue weighted by Gasteiger charge is 2.14. The molecule has 2 N–H and O–H groups in total. The highest BCUT2D eigenvalue weighted by Crippen LogP contribution is 2.19. The summed E-state index contributed by atoms with van der Waals surface area (Å²) in [5.41, 5.74) is 9.62. The van der Waals surface area contributed by atoms with Crippen LogP contribution in [0.1, 0.15) is 29.8 Å². The predicted molar refractivity (Wildman–Crippen MR) is 67.5 cm³/mol. The van der Waals surface area contributed by atoms with E-state index in [0.29, 0.717) is 0 Å². The summed E-state index contributed by atoms with van der Waals surface area (Å²) < 4.78 is 1.83. The molecule has 2 heterocycles. The zero-order chi connectivity index (χ0) is 12.3. The molecule has 2 rings (SSSR count). The normalized spacial score (nSPS) is 12.6. The fourth-order valence-corrected chi connectivity index (χ4v) is 2.02. The minimum absolute atomic E-state index is 0.0113. The highest BCUT2D eigenvalue weighted by molar-refractivity contribution is 5.24. The lowest BCUT2D eigenvalue weighted by atomic mass is 10.0. The number of nitrogens with two attached hydrogens (primary N) is 1. The van der Waals surface area contributed by atoms with Crippen molar-refractivity contribution in [2.45, 2.75) is 25.8 Å². The van der Waals surface area contributed by atoms with Crippen LogP contribution < -0.4 is 5.73 Å². The van der Waals surface area contributed by atoms with Gasteiger partial charge in [0.25, 0.3) is 0 Å². The van der Waals surface area contributed by atoms with Crippen LogP contribution in [0.5, 0.6) is 0 Å². The van der Waals surface area contributed by atoms with Gasteiger partial charge in [0.15, 0.2) is 0 Å². The van der Waals surface area contributed by atoms with Crippen molar-refractivity contribution in [2.24, 2.45) is 12.8 Å². The lowest BCUT2D eigenvalue weighted by molar-refractivity contribution is 0.709. The SMILES string of the molecule is CCc1nn(C)cc1C(N)Cc1cccnc1. The summed E-state index contributed by atoms with van der Waals surface area (Å²) in [6.07, 6.45) is 7.36. The zero-order valence-corrected chi connectivity index (χ0v) is 10.3. The van der Waals surface area contributed by atoms with Crippen LogP contribution >= 0.6 is 0 Å². The van der Waals surface area contributed by atoms with E-state index < -0.39 is 0 Å². The molecule has 4 nitrogen and oxygen atoms in total. The molecular weight excluding hydrogens is 212 g/mol. The summed E-state index contributed by atoms with van der Waals surface area (Å²) in [5, 5.41) is 4.41. The molecule has 0 aliphatic rings. The molecule has 0 fully saturated rings. The van der Waals surface area contributed by atoms with E-state index in [9.17, 15) is 0 Å². The second kappa shape index (κ2) is 5.10. The zero-order valence-electron chi connectivity index (χ0n) is 10.3. The lowest BCUT2D eigenvalue weighted by Gasteiger charge is -2.10. The number of hydrogen-bond donors (Lipinski definition) is 1. The van der Waals surface area contributed by atoms with Gasteiger partial charge in [-0.05, 0) is 24.5 Å². The van der Waals surface area contributed by atoms with Crippen molar-refractivity contribution in [1.29, 1.82) is 0 Å². The molecular formula is C13H18N4. The molecule has 0 aliphatic carbocycles. The van der Waals surface area contributed by atoms with Gasteiger partial charge in [-0.1, -0.05) is 13.0 Å². The van der Waals surface area contributed by atoms with E-state index in [1.165, 1.54) is 0 Å². The molecule has 0 aliphatic heterocycles. The van der Waals surface area contributed by atoms with E-state index in [0.717, 1.165) is 29.7 Å². The summed E-state index contributed by atoms with van der Waals surface area (Å²) in [5.74, 6) is 0. The minimum atomic E-state index is -0.0113. The maximum atomic E-state index is 6.24. The number of rotatable bonds is 4. The monoisotopic (exact) mass is 230 g/mol. The number of aryl methyl sites for hydroxylation is 2. The van der Waals surface area contributed by atoms with Crippen LogP contribution in [0.25, 0.3) is 0 Å². The van der Waals surface area contributed by atoms with Crippen LogP contribution in [-0.2, 0) is 19.9 Å². The van der Waals surface area contributed by atoms with E-state index in [1.807, 2.05) is 30.2 Å². The first-order valence-electron chi connectivity index (χ1n) is 5.87. The van der Waals surface area contributed by atoms with Gasteiger partial charge in [0, 0.05) is 37.2 Å². The van der Waals surface area contributed by atoms with Crippen LogP contribution in [0, 0.1) is 0 Å². The van der Waals surface area contributed by atoms with Crippen molar-refractivity contribution in [3.8, 4) is 0 Å². The van der Waals surface area contributed by atoms with Gasteiger partial charge in [-0.15, -0.1) is 0 Å². The topological polar surface area (TPSA) is 56.7 Å². The van der Waals surface area contributed by atoms with Gasteiger partial charge in [-0.3, -0.25) is 9.67 Å². The first-order valence-corrected chi connectivity index (χ1v) is 5.87. The summed E-state index contributed by atoms with van der Waals surface area (Å²) in [7, 11) is 1.93. The molecule has 90 valence electrons. The van der Waals surface area contributed by atoms with E-state index in [4.69, 9.17) is 5.73 Å². The Morgan fingerprint density at radius 3 is 2.94 bits per heavy atom. The fourth-order valence-electron chi connectivity index (χ4n) is 2.02. The van der Waals surface area contributed by atoms with E-state index >= 15 is 0 Å². The molecule has 0 radical (unpaired) electrons. The summed E-state index contributed by atoms with van der Waals surface area (Å²) in [4.78, 5) is 4.10. The standard InChI is InChI=1S/C13H18N4/c1-3-13-11(9-17(2)16-13)12(14)7-10-5-4-6-15-8-10/h4-6,8-9,12H,3,7,14H2,1-2H3. The van der Waals surface area contributed by atoms with Crippen molar-refractivity contribution in [2.75, 3.05) is 0 Å². The lowest BCUT2D eigenvalue weighted by Crippen LogP contribution is -2.14. The Morgan fingerprint density at radius 2 is 2.29 bits per heavy atom. The van der Waals surface area contributed by atoms with Crippen molar-refractivity contribution in [3.05, 3.63) is 47.5 Å². The van der Waals surface area contributed by atoms with Crippen LogP contribution in [0.3, 0.4) is 0 Å². The Bertz CT molecular complexity index is 475. The molecule has 17 heavy (non-hydrogen) atoms. The van der Waals surface area contributed by atoms with Crippen molar-refractivity contribution >= 4 is 0 Å². The van der Waals surface area contributed by atoms with Crippen molar-refractivity contribution < 1.29 is 0 Å². The Balaban J connectivity index is 2.17. The van der Waals surface area contributed by atoms with Crippen LogP contribution in [-0.4, -0.2) is 14.8 Å². The maximum absolute atomic E-state index is 6.24. The van der Waals surface area contributed by atoms with Gasteiger partial charge in [-0.25, -0.2) is 0 Å². The first-order chi connectivity index (χ1) is 8.20. The van der Waals surface area contributed by atoms with Gasteiger partial charge >= 0.3 is 0 Å². The predicted octanol–water partition coefficient (Wildman–Crippen LogP) is 1.62. The molecule has 2 aromatic heterocycles. The average Bonchev–Trinajstić information content (AvgIpc) is 2.72. The Hall–Kier alpha value is -1.68. The van der Waals surface area contributed by atoms with Crippen molar-refractivity contribution in [1.82, 2.24) is 14.8 Å². The number of aromatic nitrogens is 3. The molecule has 1 unspecified atom stereocenters. The molecule has 0 aromatic carbocycles. The van der Waals surface area contributed by atoms with Crippen LogP contribution in [0.4, 0.5) is 0 Å². The highest BCUT2D eigenvalue weighted by atomic mass is 15.3. The number of nitrogens with zero attached hydrogens (tertiary/aromatic N) is 3. The molecule has 2 aromatic rings. The summed E-state index contributed by atoms with van der Waals surface area (Å²) in [6.45, 7) is 2.10. The smallest absolute Gasteiger partial charge is 0.0669 e. The molecule has 1 atom stereocenters. The maximum Gasteiger partial charge on any atom is 0.0669 e. The molecule has 0 spiro atoms. The van der Waals surface area contributed by atoms with Gasteiger partial charge in [-0.2, -0.15) is 5.10 Å². The van der Waals surface area contributed by atoms with E-state index in [2.05, 4.69) is 23.1 Å².